The van der Waals surface area contributed by atoms with E-state index in [1.165, 1.54) is 6.26 Å². The summed E-state index contributed by atoms with van der Waals surface area (Å²) in [5, 5.41) is 11.1. The number of rotatable bonds is 7. The first kappa shape index (κ1) is 15.3. The molecule has 0 bridgehead atoms. The van der Waals surface area contributed by atoms with Crippen LogP contribution in [0.1, 0.15) is 5.56 Å². The van der Waals surface area contributed by atoms with E-state index in [9.17, 15) is 18.3 Å². The Labute approximate surface area is 121 Å². The average Bonchev–Trinajstić information content (AvgIpc) is 2.79. The highest BCUT2D eigenvalue weighted by molar-refractivity contribution is 7.85. The lowest BCUT2D eigenvalue weighted by molar-refractivity contribution is -0.307. The molecule has 0 fully saturated rings. The van der Waals surface area contributed by atoms with Crippen LogP contribution in [0.3, 0.4) is 0 Å². The fourth-order valence-electron chi connectivity index (χ4n) is 1.83. The number of hydrogen-bond donors (Lipinski definition) is 0. The van der Waals surface area contributed by atoms with Crippen LogP contribution in [0.15, 0.2) is 28.9 Å². The zero-order chi connectivity index (χ0) is 15.5. The number of carbonyl (C=O) groups is 1. The molecule has 0 radical (unpaired) electrons. The fourth-order valence-corrected chi connectivity index (χ4v) is 2.22. The number of benzene rings is 1. The maximum absolute atomic E-state index is 10.9. The average molecular weight is 313 g/mol. The van der Waals surface area contributed by atoms with Crippen LogP contribution in [0.25, 0.3) is 11.0 Å². The highest BCUT2D eigenvalue weighted by Gasteiger charge is 2.11. The van der Waals surface area contributed by atoms with Gasteiger partial charge < -0.3 is 19.1 Å². The van der Waals surface area contributed by atoms with Gasteiger partial charge in [-0.2, -0.15) is 8.42 Å². The van der Waals surface area contributed by atoms with Crippen molar-refractivity contribution in [1.82, 2.24) is 0 Å². The monoisotopic (exact) mass is 313 g/mol. The molecule has 1 aromatic heterocycles. The Bertz CT molecular complexity index is 745. The van der Waals surface area contributed by atoms with E-state index in [-0.39, 0.29) is 12.4 Å². The molecule has 0 atom stereocenters. The molecule has 0 saturated carbocycles. The predicted molar refractivity (Wildman–Crippen MR) is 71.2 cm³/mol. The second-order valence-corrected chi connectivity index (χ2v) is 5.97. The van der Waals surface area contributed by atoms with E-state index in [4.69, 9.17) is 9.15 Å². The predicted octanol–water partition coefficient (Wildman–Crippen LogP) is 0.0802. The summed E-state index contributed by atoms with van der Waals surface area (Å²) >= 11 is 0. The third-order valence-electron chi connectivity index (χ3n) is 2.66. The molecule has 0 N–H and O–H groups in total. The van der Waals surface area contributed by atoms with E-state index in [0.717, 1.165) is 11.8 Å². The van der Waals surface area contributed by atoms with Crippen molar-refractivity contribution in [3.63, 3.8) is 0 Å². The van der Waals surface area contributed by atoms with Crippen LogP contribution in [-0.2, 0) is 25.5 Å². The molecule has 2 aromatic rings. The third-order valence-corrected chi connectivity index (χ3v) is 3.25. The van der Waals surface area contributed by atoms with Gasteiger partial charge in [0.05, 0.1) is 25.1 Å². The molecule has 1 aromatic carbocycles. The Balaban J connectivity index is 2.16. The molecule has 0 amide bonds. The van der Waals surface area contributed by atoms with Crippen molar-refractivity contribution < 1.29 is 31.7 Å². The second-order valence-electron chi connectivity index (χ2n) is 4.33. The van der Waals surface area contributed by atoms with E-state index in [1.807, 2.05) is 0 Å². The molecular weight excluding hydrogens is 300 g/mol. The van der Waals surface area contributed by atoms with Crippen molar-refractivity contribution in [2.75, 3.05) is 19.5 Å². The van der Waals surface area contributed by atoms with Crippen molar-refractivity contribution in [3.8, 4) is 5.75 Å². The molecule has 7 nitrogen and oxygen atoms in total. The van der Waals surface area contributed by atoms with Crippen molar-refractivity contribution >= 4 is 27.1 Å². The second kappa shape index (κ2) is 6.15. The Morgan fingerprint density at radius 3 is 2.81 bits per heavy atom. The van der Waals surface area contributed by atoms with Crippen molar-refractivity contribution in [2.45, 2.75) is 6.42 Å². The van der Waals surface area contributed by atoms with Crippen molar-refractivity contribution in [3.05, 3.63) is 30.0 Å². The maximum atomic E-state index is 10.9. The molecule has 0 aliphatic rings. The molecule has 8 heteroatoms. The van der Waals surface area contributed by atoms with Gasteiger partial charge in [0.1, 0.15) is 6.61 Å². The molecule has 2 rings (SSSR count). The Morgan fingerprint density at radius 1 is 1.38 bits per heavy atom. The zero-order valence-electron chi connectivity index (χ0n) is 11.2. The van der Waals surface area contributed by atoms with E-state index >= 15 is 0 Å². The number of aliphatic carboxylic acids is 1. The number of carboxylic acid groups (broad SMARTS) is 1. The van der Waals surface area contributed by atoms with E-state index in [1.54, 1.807) is 18.2 Å². The summed E-state index contributed by atoms with van der Waals surface area (Å²) in [6.07, 6.45) is 2.78. The van der Waals surface area contributed by atoms with Gasteiger partial charge in [0.15, 0.2) is 11.3 Å². The smallest absolute Gasteiger partial charge is 0.264 e. The van der Waals surface area contributed by atoms with Crippen LogP contribution in [0.4, 0.5) is 0 Å². The van der Waals surface area contributed by atoms with Crippen LogP contribution in [-0.4, -0.2) is 33.9 Å². The van der Waals surface area contributed by atoms with Gasteiger partial charge >= 0.3 is 0 Å². The molecule has 1 heterocycles. The number of para-hydroxylation sites is 1. The Morgan fingerprint density at radius 2 is 2.14 bits per heavy atom. The lowest BCUT2D eigenvalue weighted by Crippen LogP contribution is -2.28. The minimum atomic E-state index is -3.48. The molecule has 0 aliphatic heterocycles. The number of ether oxygens (including phenoxy) is 1. The summed E-state index contributed by atoms with van der Waals surface area (Å²) in [4.78, 5) is 10.4. The van der Waals surface area contributed by atoms with Gasteiger partial charge in [0.2, 0.25) is 0 Å². The summed E-state index contributed by atoms with van der Waals surface area (Å²) in [5.74, 6) is -1.05. The third kappa shape index (κ3) is 4.20. The van der Waals surface area contributed by atoms with E-state index in [2.05, 4.69) is 4.18 Å². The van der Waals surface area contributed by atoms with Gasteiger partial charge in [-0.3, -0.25) is 4.18 Å². The SMILES string of the molecule is CS(=O)(=O)OCCc1coc2c(OCC(=O)[O-])cccc12. The maximum Gasteiger partial charge on any atom is 0.264 e. The van der Waals surface area contributed by atoms with E-state index < -0.39 is 22.7 Å². The van der Waals surface area contributed by atoms with Crippen LogP contribution in [0, 0.1) is 0 Å². The first-order valence-electron chi connectivity index (χ1n) is 6.03. The highest BCUT2D eigenvalue weighted by atomic mass is 32.2. The zero-order valence-corrected chi connectivity index (χ0v) is 12.0. The lowest BCUT2D eigenvalue weighted by atomic mass is 10.1. The van der Waals surface area contributed by atoms with Crippen LogP contribution >= 0.6 is 0 Å². The minimum Gasteiger partial charge on any atom is -0.546 e. The van der Waals surface area contributed by atoms with Gasteiger partial charge in [0.25, 0.3) is 10.1 Å². The fraction of sp³-hybridized carbons (Fsp3) is 0.308. The molecule has 0 spiro atoms. The van der Waals surface area contributed by atoms with Gasteiger partial charge in [-0.15, -0.1) is 0 Å². The Kier molecular flexibility index (Phi) is 4.49. The van der Waals surface area contributed by atoms with Crippen LogP contribution in [0.5, 0.6) is 5.75 Å². The summed E-state index contributed by atoms with van der Waals surface area (Å²) in [5.41, 5.74) is 1.14. The highest BCUT2D eigenvalue weighted by Crippen LogP contribution is 2.30. The number of carboxylic acids is 1. The molecule has 114 valence electrons. The number of furan rings is 1. The summed E-state index contributed by atoms with van der Waals surface area (Å²) in [6, 6.07) is 5.02. The molecule has 0 unspecified atom stereocenters. The first-order chi connectivity index (χ1) is 9.87. The summed E-state index contributed by atoms with van der Waals surface area (Å²) in [7, 11) is -3.48. The minimum absolute atomic E-state index is 0.00238. The van der Waals surface area contributed by atoms with Crippen LogP contribution < -0.4 is 9.84 Å². The van der Waals surface area contributed by atoms with E-state index in [0.29, 0.717) is 17.4 Å². The molecule has 0 aliphatic carbocycles. The largest absolute Gasteiger partial charge is 0.546 e. The molecular formula is C13H13O7S-. The molecule has 21 heavy (non-hydrogen) atoms. The number of hydrogen-bond acceptors (Lipinski definition) is 7. The van der Waals surface area contributed by atoms with Gasteiger partial charge in [-0.25, -0.2) is 0 Å². The normalized spacial score (nSPS) is 11.7. The van der Waals surface area contributed by atoms with Crippen LogP contribution in [0.2, 0.25) is 0 Å². The van der Waals surface area contributed by atoms with Crippen molar-refractivity contribution in [1.29, 1.82) is 0 Å². The van der Waals surface area contributed by atoms with Gasteiger partial charge in [0, 0.05) is 17.4 Å². The quantitative estimate of drug-likeness (QED) is 0.666. The number of fused-ring (bicyclic) bond motifs is 1. The Hall–Kier alpha value is -2.06. The lowest BCUT2D eigenvalue weighted by Gasteiger charge is -2.06. The molecule has 0 saturated heterocycles. The number of carbonyl (C=O) groups excluding carboxylic acids is 1. The standard InChI is InChI=1S/C13H14O7S/c1-21(16,17)20-6-5-9-7-19-13-10(9)3-2-4-11(13)18-8-12(14)15/h2-4,7H,5-6,8H2,1H3,(H,14,15)/p-1. The first-order valence-corrected chi connectivity index (χ1v) is 7.84. The van der Waals surface area contributed by atoms with Gasteiger partial charge in [-0.1, -0.05) is 12.1 Å². The summed E-state index contributed by atoms with van der Waals surface area (Å²) < 4.78 is 36.9. The van der Waals surface area contributed by atoms with Crippen molar-refractivity contribution in [2.24, 2.45) is 0 Å². The van der Waals surface area contributed by atoms with Gasteiger partial charge in [-0.05, 0) is 6.07 Å². The topological polar surface area (TPSA) is 106 Å². The summed E-state index contributed by atoms with van der Waals surface area (Å²) in [6.45, 7) is -0.579.